The van der Waals surface area contributed by atoms with E-state index in [9.17, 15) is 4.39 Å². The van der Waals surface area contributed by atoms with Crippen LogP contribution < -0.4 is 15.8 Å². The third-order valence-electron chi connectivity index (χ3n) is 2.69. The highest BCUT2D eigenvalue weighted by Crippen LogP contribution is 2.22. The molecule has 5 heteroatoms. The van der Waals surface area contributed by atoms with Gasteiger partial charge in [0.15, 0.2) is 5.96 Å². The maximum absolute atomic E-state index is 13.0. The van der Waals surface area contributed by atoms with Crippen LogP contribution in [0.5, 0.6) is 5.75 Å². The molecule has 0 aliphatic heterocycles. The molecular formula is C15H16FN3O. The van der Waals surface area contributed by atoms with Crippen LogP contribution in [0.3, 0.4) is 0 Å². The molecule has 0 bridgehead atoms. The average molecular weight is 273 g/mol. The minimum atomic E-state index is -0.283. The first-order valence-electron chi connectivity index (χ1n) is 6.13. The summed E-state index contributed by atoms with van der Waals surface area (Å²) in [5.41, 5.74) is 7.30. The van der Waals surface area contributed by atoms with E-state index in [1.165, 1.54) is 12.1 Å². The van der Waals surface area contributed by atoms with Crippen LogP contribution in [0.4, 0.5) is 10.1 Å². The maximum atomic E-state index is 13.0. The van der Waals surface area contributed by atoms with Crippen molar-refractivity contribution in [2.75, 3.05) is 12.4 Å². The molecule has 0 spiro atoms. The zero-order chi connectivity index (χ0) is 14.4. The van der Waals surface area contributed by atoms with E-state index in [2.05, 4.69) is 10.3 Å². The van der Waals surface area contributed by atoms with Crippen LogP contribution in [0.15, 0.2) is 53.5 Å². The first-order valence-corrected chi connectivity index (χ1v) is 6.13. The van der Waals surface area contributed by atoms with E-state index < -0.39 is 0 Å². The maximum Gasteiger partial charge on any atom is 0.193 e. The van der Waals surface area contributed by atoms with Gasteiger partial charge in [-0.25, -0.2) is 9.38 Å². The van der Waals surface area contributed by atoms with Crippen molar-refractivity contribution in [3.05, 3.63) is 59.9 Å². The first-order chi connectivity index (χ1) is 9.69. The SMILES string of the molecule is COc1ccccc1NC(N)=NCc1cccc(F)c1. The van der Waals surface area contributed by atoms with Crippen LogP contribution in [0.25, 0.3) is 0 Å². The summed E-state index contributed by atoms with van der Waals surface area (Å²) in [7, 11) is 1.58. The normalized spacial score (nSPS) is 11.2. The molecule has 3 N–H and O–H groups in total. The lowest BCUT2D eigenvalue weighted by molar-refractivity contribution is 0.417. The molecule has 0 saturated carbocycles. The van der Waals surface area contributed by atoms with Crippen LogP contribution in [-0.4, -0.2) is 13.1 Å². The number of rotatable bonds is 4. The molecule has 0 amide bonds. The number of nitrogens with one attached hydrogen (secondary N) is 1. The molecule has 2 rings (SSSR count). The fourth-order valence-electron chi connectivity index (χ4n) is 1.74. The van der Waals surface area contributed by atoms with Crippen molar-refractivity contribution >= 4 is 11.6 Å². The van der Waals surface area contributed by atoms with Crippen molar-refractivity contribution in [2.45, 2.75) is 6.54 Å². The molecule has 0 aromatic heterocycles. The minimum Gasteiger partial charge on any atom is -0.495 e. The number of methoxy groups -OCH3 is 1. The van der Waals surface area contributed by atoms with E-state index in [4.69, 9.17) is 10.5 Å². The topological polar surface area (TPSA) is 59.6 Å². The predicted molar refractivity (Wildman–Crippen MR) is 78.3 cm³/mol. The van der Waals surface area contributed by atoms with Crippen LogP contribution >= 0.6 is 0 Å². The van der Waals surface area contributed by atoms with E-state index in [0.29, 0.717) is 12.3 Å². The summed E-state index contributed by atoms with van der Waals surface area (Å²) in [4.78, 5) is 4.17. The molecule has 20 heavy (non-hydrogen) atoms. The molecule has 0 radical (unpaired) electrons. The number of aliphatic imine (C=N–C) groups is 1. The summed E-state index contributed by atoms with van der Waals surface area (Å²) < 4.78 is 18.2. The minimum absolute atomic E-state index is 0.249. The molecule has 0 aliphatic rings. The molecule has 4 nitrogen and oxygen atoms in total. The van der Waals surface area contributed by atoms with Crippen LogP contribution in [0.1, 0.15) is 5.56 Å². The quantitative estimate of drug-likeness (QED) is 0.665. The summed E-state index contributed by atoms with van der Waals surface area (Å²) in [6, 6.07) is 13.6. The summed E-state index contributed by atoms with van der Waals surface area (Å²) in [6.45, 7) is 0.311. The Kier molecular flexibility index (Phi) is 4.55. The summed E-state index contributed by atoms with van der Waals surface area (Å²) >= 11 is 0. The van der Waals surface area contributed by atoms with E-state index in [-0.39, 0.29) is 11.8 Å². The van der Waals surface area contributed by atoms with Gasteiger partial charge in [0, 0.05) is 0 Å². The molecular weight excluding hydrogens is 257 g/mol. The number of anilines is 1. The second kappa shape index (κ2) is 6.56. The van der Waals surface area contributed by atoms with Crippen LogP contribution in [-0.2, 0) is 6.54 Å². The Morgan fingerprint density at radius 2 is 2.05 bits per heavy atom. The molecule has 0 saturated heterocycles. The largest absolute Gasteiger partial charge is 0.495 e. The fourth-order valence-corrected chi connectivity index (χ4v) is 1.74. The van der Waals surface area contributed by atoms with Gasteiger partial charge in [-0.05, 0) is 29.8 Å². The third kappa shape index (κ3) is 3.71. The Labute approximate surface area is 117 Å². The van der Waals surface area contributed by atoms with E-state index in [1.807, 2.05) is 24.3 Å². The summed E-state index contributed by atoms with van der Waals surface area (Å²) in [6.07, 6.45) is 0. The van der Waals surface area contributed by atoms with Crippen molar-refractivity contribution in [1.29, 1.82) is 0 Å². The lowest BCUT2D eigenvalue weighted by atomic mass is 10.2. The van der Waals surface area contributed by atoms with Crippen LogP contribution in [0.2, 0.25) is 0 Å². The number of hydrogen-bond donors (Lipinski definition) is 2. The van der Waals surface area contributed by atoms with Gasteiger partial charge in [0.05, 0.1) is 19.3 Å². The van der Waals surface area contributed by atoms with Crippen molar-refractivity contribution in [3.63, 3.8) is 0 Å². The molecule has 0 unspecified atom stereocenters. The van der Waals surface area contributed by atoms with Gasteiger partial charge in [-0.15, -0.1) is 0 Å². The van der Waals surface area contributed by atoms with Gasteiger partial charge in [-0.3, -0.25) is 0 Å². The van der Waals surface area contributed by atoms with Gasteiger partial charge < -0.3 is 15.8 Å². The lowest BCUT2D eigenvalue weighted by Crippen LogP contribution is -2.22. The Morgan fingerprint density at radius 3 is 2.80 bits per heavy atom. The third-order valence-corrected chi connectivity index (χ3v) is 2.69. The number of hydrogen-bond acceptors (Lipinski definition) is 2. The van der Waals surface area contributed by atoms with E-state index in [1.54, 1.807) is 19.2 Å². The van der Waals surface area contributed by atoms with E-state index in [0.717, 1.165) is 11.3 Å². The van der Waals surface area contributed by atoms with Gasteiger partial charge in [-0.1, -0.05) is 24.3 Å². The Balaban J connectivity index is 2.04. The van der Waals surface area contributed by atoms with Crippen molar-refractivity contribution < 1.29 is 9.13 Å². The number of ether oxygens (including phenoxy) is 1. The second-order valence-corrected chi connectivity index (χ2v) is 4.16. The number of benzene rings is 2. The fraction of sp³-hybridized carbons (Fsp3) is 0.133. The van der Waals surface area contributed by atoms with Crippen molar-refractivity contribution in [3.8, 4) is 5.75 Å². The van der Waals surface area contributed by atoms with Gasteiger partial charge in [-0.2, -0.15) is 0 Å². The molecule has 0 atom stereocenters. The smallest absolute Gasteiger partial charge is 0.193 e. The number of para-hydroxylation sites is 2. The van der Waals surface area contributed by atoms with Crippen LogP contribution in [0, 0.1) is 5.82 Å². The van der Waals surface area contributed by atoms with E-state index >= 15 is 0 Å². The molecule has 0 heterocycles. The highest BCUT2D eigenvalue weighted by molar-refractivity contribution is 5.93. The highest BCUT2D eigenvalue weighted by atomic mass is 19.1. The highest BCUT2D eigenvalue weighted by Gasteiger charge is 2.02. The monoisotopic (exact) mass is 273 g/mol. The van der Waals surface area contributed by atoms with Crippen molar-refractivity contribution in [2.24, 2.45) is 10.7 Å². The number of halogens is 1. The zero-order valence-electron chi connectivity index (χ0n) is 11.1. The predicted octanol–water partition coefficient (Wildman–Crippen LogP) is 2.76. The van der Waals surface area contributed by atoms with Gasteiger partial charge in [0.25, 0.3) is 0 Å². The standard InChI is InChI=1S/C15H16FN3O/c1-20-14-8-3-2-7-13(14)19-15(17)18-10-11-5-4-6-12(16)9-11/h2-9H,10H2,1H3,(H3,17,18,19). The Hall–Kier alpha value is -2.56. The molecule has 104 valence electrons. The number of guanidine groups is 1. The van der Waals surface area contributed by atoms with Crippen molar-refractivity contribution in [1.82, 2.24) is 0 Å². The number of nitrogens with two attached hydrogens (primary N) is 1. The molecule has 0 fully saturated rings. The van der Waals surface area contributed by atoms with Gasteiger partial charge in [0.2, 0.25) is 0 Å². The Morgan fingerprint density at radius 1 is 1.25 bits per heavy atom. The number of nitrogens with zero attached hydrogens (tertiary/aromatic N) is 1. The average Bonchev–Trinajstić information content (AvgIpc) is 2.46. The molecule has 2 aromatic carbocycles. The molecule has 2 aromatic rings. The second-order valence-electron chi connectivity index (χ2n) is 4.16. The summed E-state index contributed by atoms with van der Waals surface area (Å²) in [5, 5.41) is 2.96. The zero-order valence-corrected chi connectivity index (χ0v) is 11.1. The summed E-state index contributed by atoms with van der Waals surface area (Å²) in [5.74, 6) is 0.643. The first kappa shape index (κ1) is 13.9. The Bertz CT molecular complexity index is 614. The van der Waals surface area contributed by atoms with Gasteiger partial charge in [0.1, 0.15) is 11.6 Å². The molecule has 0 aliphatic carbocycles. The lowest BCUT2D eigenvalue weighted by Gasteiger charge is -2.10. The van der Waals surface area contributed by atoms with Gasteiger partial charge >= 0.3 is 0 Å².